The largest absolute Gasteiger partial charge is 0.335 e. The van der Waals surface area contributed by atoms with Gasteiger partial charge < -0.3 is 10.2 Å². The van der Waals surface area contributed by atoms with Crippen molar-refractivity contribution in [2.75, 3.05) is 19.6 Å². The van der Waals surface area contributed by atoms with Gasteiger partial charge in [-0.3, -0.25) is 9.48 Å². The number of amides is 1. The lowest BCUT2D eigenvalue weighted by molar-refractivity contribution is -0.138. The van der Waals surface area contributed by atoms with Crippen molar-refractivity contribution < 1.29 is 13.6 Å². The number of nitrogens with one attached hydrogen (secondary N) is 1. The molecule has 1 N–H and O–H groups in total. The van der Waals surface area contributed by atoms with Crippen LogP contribution in [0.25, 0.3) is 0 Å². The summed E-state index contributed by atoms with van der Waals surface area (Å²) in [6.07, 6.45) is 4.16. The van der Waals surface area contributed by atoms with Gasteiger partial charge in [-0.25, -0.2) is 8.78 Å². The normalized spacial score (nSPS) is 25.4. The summed E-state index contributed by atoms with van der Waals surface area (Å²) in [7, 11) is 1.86. The van der Waals surface area contributed by atoms with Crippen LogP contribution in [0.1, 0.15) is 35.6 Å². The summed E-state index contributed by atoms with van der Waals surface area (Å²) in [4.78, 5) is 15.0. The molecule has 1 saturated heterocycles. The molecule has 3 heterocycles. The Morgan fingerprint density at radius 2 is 2.12 bits per heavy atom. The monoisotopic (exact) mass is 360 g/mol. The topological polar surface area (TPSA) is 50.2 Å². The Kier molecular flexibility index (Phi) is 4.26. The summed E-state index contributed by atoms with van der Waals surface area (Å²) in [5, 5.41) is 7.51. The van der Waals surface area contributed by atoms with Crippen LogP contribution in [0, 0.1) is 17.6 Å². The first-order valence-electron chi connectivity index (χ1n) is 8.93. The average Bonchev–Trinajstić information content (AvgIpc) is 3.23. The molecule has 1 fully saturated rings. The van der Waals surface area contributed by atoms with Crippen molar-refractivity contribution in [3.63, 3.8) is 0 Å². The molecule has 0 radical (unpaired) electrons. The predicted molar refractivity (Wildman–Crippen MR) is 92.5 cm³/mol. The first kappa shape index (κ1) is 17.1. The Labute approximate surface area is 151 Å². The maximum absolute atomic E-state index is 14.1. The van der Waals surface area contributed by atoms with Crippen molar-refractivity contribution in [1.29, 1.82) is 0 Å². The second-order valence-corrected chi connectivity index (χ2v) is 7.23. The molecule has 0 bridgehead atoms. The number of carbonyl (C=O) groups excluding carboxylic acids is 1. The van der Waals surface area contributed by atoms with Crippen molar-refractivity contribution in [3.05, 3.63) is 52.9 Å². The van der Waals surface area contributed by atoms with Gasteiger partial charge in [0, 0.05) is 44.9 Å². The van der Waals surface area contributed by atoms with E-state index in [0.717, 1.165) is 18.2 Å². The number of benzene rings is 1. The quantitative estimate of drug-likeness (QED) is 0.893. The zero-order valence-electron chi connectivity index (χ0n) is 14.9. The highest BCUT2D eigenvalue weighted by Gasteiger charge is 2.40. The van der Waals surface area contributed by atoms with E-state index in [-0.39, 0.29) is 23.8 Å². The van der Waals surface area contributed by atoms with Gasteiger partial charge in [-0.05, 0) is 36.1 Å². The van der Waals surface area contributed by atoms with Gasteiger partial charge in [-0.15, -0.1) is 0 Å². The number of fused-ring (bicyclic) bond motifs is 1. The zero-order chi connectivity index (χ0) is 18.4. The van der Waals surface area contributed by atoms with Crippen LogP contribution >= 0.6 is 0 Å². The van der Waals surface area contributed by atoms with Crippen LogP contribution in [0.4, 0.5) is 8.78 Å². The summed E-state index contributed by atoms with van der Waals surface area (Å²) < 4.78 is 29.5. The van der Waals surface area contributed by atoms with Gasteiger partial charge in [0.2, 0.25) is 5.91 Å². The van der Waals surface area contributed by atoms with Crippen LogP contribution in [-0.4, -0.2) is 40.2 Å². The van der Waals surface area contributed by atoms with Crippen molar-refractivity contribution in [2.45, 2.75) is 25.3 Å². The number of hydrogen-bond acceptors (Lipinski definition) is 3. The number of halogens is 2. The maximum Gasteiger partial charge on any atom is 0.228 e. The second-order valence-electron chi connectivity index (χ2n) is 7.23. The fourth-order valence-electron chi connectivity index (χ4n) is 4.29. The molecule has 1 amide bonds. The summed E-state index contributed by atoms with van der Waals surface area (Å²) >= 11 is 0. The lowest BCUT2D eigenvalue weighted by atomic mass is 9.87. The minimum Gasteiger partial charge on any atom is -0.335 e. The van der Waals surface area contributed by atoms with E-state index in [2.05, 4.69) is 10.4 Å². The highest BCUT2D eigenvalue weighted by molar-refractivity contribution is 5.81. The minimum absolute atomic E-state index is 0.0340. The Morgan fingerprint density at radius 1 is 1.31 bits per heavy atom. The summed E-state index contributed by atoms with van der Waals surface area (Å²) in [5.74, 6) is -1.21. The van der Waals surface area contributed by atoms with Crippen molar-refractivity contribution >= 4 is 5.91 Å². The first-order chi connectivity index (χ1) is 12.5. The molecule has 1 unspecified atom stereocenters. The molecule has 0 saturated carbocycles. The maximum atomic E-state index is 14.1. The number of rotatable bonds is 2. The molecule has 1 aromatic carbocycles. The molecule has 1 aromatic heterocycles. The fraction of sp³-hybridized carbons (Fsp3) is 0.474. The molecule has 0 aliphatic carbocycles. The molecule has 4 rings (SSSR count). The number of carbonyl (C=O) groups is 1. The van der Waals surface area contributed by atoms with Crippen LogP contribution in [-0.2, 0) is 18.3 Å². The molecule has 138 valence electrons. The number of aromatic nitrogens is 2. The van der Waals surface area contributed by atoms with Gasteiger partial charge >= 0.3 is 0 Å². The molecule has 2 aromatic rings. The Morgan fingerprint density at radius 3 is 2.85 bits per heavy atom. The van der Waals surface area contributed by atoms with E-state index < -0.39 is 11.6 Å². The van der Waals surface area contributed by atoms with Crippen LogP contribution in [0.5, 0.6) is 0 Å². The molecule has 7 heteroatoms. The summed E-state index contributed by atoms with van der Waals surface area (Å²) in [5.41, 5.74) is 2.14. The third-order valence-corrected chi connectivity index (χ3v) is 5.68. The van der Waals surface area contributed by atoms with Gasteiger partial charge in [0.05, 0.1) is 18.2 Å². The lowest BCUT2D eigenvalue weighted by Crippen LogP contribution is -2.44. The first-order valence-corrected chi connectivity index (χ1v) is 8.93. The standard InChI is InChI=1S/C19H22F2N4O/c1-11-15-5-13(20)6-18(21)14(15)3-4-25(11)19(26)17-9-22-8-16(17)12-7-23-24(2)10-12/h5-7,10-11,16-17,22H,3-4,8-9H2,1-2H3/t11?,16-,17+/m1/s1. The molecular weight excluding hydrogens is 338 g/mol. The fourth-order valence-corrected chi connectivity index (χ4v) is 4.29. The van der Waals surface area contributed by atoms with Crippen LogP contribution < -0.4 is 5.32 Å². The van der Waals surface area contributed by atoms with E-state index in [1.807, 2.05) is 20.2 Å². The number of aryl methyl sites for hydroxylation is 1. The summed E-state index contributed by atoms with van der Waals surface area (Å²) in [6.45, 7) is 3.62. The molecule has 26 heavy (non-hydrogen) atoms. The lowest BCUT2D eigenvalue weighted by Gasteiger charge is -2.37. The molecule has 5 nitrogen and oxygen atoms in total. The third-order valence-electron chi connectivity index (χ3n) is 5.68. The number of nitrogens with zero attached hydrogens (tertiary/aromatic N) is 3. The molecule has 2 aliphatic heterocycles. The zero-order valence-corrected chi connectivity index (χ0v) is 14.9. The van der Waals surface area contributed by atoms with Gasteiger partial charge in [0.25, 0.3) is 0 Å². The Bertz CT molecular complexity index is 850. The van der Waals surface area contributed by atoms with Crippen molar-refractivity contribution in [3.8, 4) is 0 Å². The van der Waals surface area contributed by atoms with E-state index in [1.54, 1.807) is 15.8 Å². The van der Waals surface area contributed by atoms with E-state index in [1.165, 1.54) is 6.07 Å². The van der Waals surface area contributed by atoms with Gasteiger partial charge in [-0.2, -0.15) is 5.10 Å². The average molecular weight is 360 g/mol. The van der Waals surface area contributed by atoms with E-state index in [0.29, 0.717) is 30.6 Å². The highest BCUT2D eigenvalue weighted by Crippen LogP contribution is 2.36. The summed E-state index contributed by atoms with van der Waals surface area (Å²) in [6, 6.07) is 1.93. The molecule has 0 spiro atoms. The highest BCUT2D eigenvalue weighted by atomic mass is 19.1. The van der Waals surface area contributed by atoms with Crippen LogP contribution in [0.3, 0.4) is 0 Å². The van der Waals surface area contributed by atoms with Gasteiger partial charge in [0.15, 0.2) is 0 Å². The van der Waals surface area contributed by atoms with E-state index in [4.69, 9.17) is 0 Å². The smallest absolute Gasteiger partial charge is 0.228 e. The molecule has 2 aliphatic rings. The second kappa shape index (κ2) is 6.46. The van der Waals surface area contributed by atoms with E-state index in [9.17, 15) is 13.6 Å². The third kappa shape index (κ3) is 2.80. The van der Waals surface area contributed by atoms with Crippen LogP contribution in [0.15, 0.2) is 24.5 Å². The molecular formula is C19H22F2N4O. The number of hydrogen-bond donors (Lipinski definition) is 1. The van der Waals surface area contributed by atoms with Crippen LogP contribution in [0.2, 0.25) is 0 Å². The predicted octanol–water partition coefficient (Wildman–Crippen LogP) is 2.15. The van der Waals surface area contributed by atoms with Gasteiger partial charge in [-0.1, -0.05) is 0 Å². The molecule has 3 atom stereocenters. The minimum atomic E-state index is -0.599. The van der Waals surface area contributed by atoms with Crippen molar-refractivity contribution in [2.24, 2.45) is 13.0 Å². The van der Waals surface area contributed by atoms with E-state index >= 15 is 0 Å². The Balaban J connectivity index is 1.60. The van der Waals surface area contributed by atoms with Gasteiger partial charge in [0.1, 0.15) is 11.6 Å². The SMILES string of the molecule is CC1c2cc(F)cc(F)c2CCN1C(=O)[C@H]1CNC[C@@H]1c1cnn(C)c1. The van der Waals surface area contributed by atoms with Crippen molar-refractivity contribution in [1.82, 2.24) is 20.0 Å². The Hall–Kier alpha value is -2.28.